The molecule has 2 aromatic rings. The Morgan fingerprint density at radius 3 is 2.95 bits per heavy atom. The van der Waals surface area contributed by atoms with Crippen LogP contribution in [0.2, 0.25) is 0 Å². The van der Waals surface area contributed by atoms with Crippen LogP contribution in [0.25, 0.3) is 5.65 Å². The van der Waals surface area contributed by atoms with E-state index in [1.54, 1.807) is 18.2 Å². The molecule has 0 bridgehead atoms. The SMILES string of the molecule is N#CCCCCNc1nc2ccccn2c(=O)c1[N+](=O)[O-]. The van der Waals surface area contributed by atoms with E-state index in [2.05, 4.69) is 10.3 Å². The molecular weight excluding hydrogens is 274 g/mol. The van der Waals surface area contributed by atoms with Crippen LogP contribution in [0.15, 0.2) is 29.2 Å². The molecule has 1 N–H and O–H groups in total. The summed E-state index contributed by atoms with van der Waals surface area (Å²) in [7, 11) is 0. The van der Waals surface area contributed by atoms with E-state index in [0.717, 1.165) is 4.40 Å². The summed E-state index contributed by atoms with van der Waals surface area (Å²) in [6, 6.07) is 6.93. The Morgan fingerprint density at radius 2 is 2.24 bits per heavy atom. The maximum atomic E-state index is 12.1. The number of nitriles is 1. The number of rotatable bonds is 6. The van der Waals surface area contributed by atoms with Crippen molar-refractivity contribution in [3.8, 4) is 6.07 Å². The van der Waals surface area contributed by atoms with Crippen molar-refractivity contribution in [3.63, 3.8) is 0 Å². The number of hydrogen-bond donors (Lipinski definition) is 1. The second-order valence-corrected chi connectivity index (χ2v) is 4.34. The lowest BCUT2D eigenvalue weighted by atomic mass is 10.2. The van der Waals surface area contributed by atoms with Gasteiger partial charge in [-0.2, -0.15) is 5.26 Å². The summed E-state index contributed by atoms with van der Waals surface area (Å²) in [6.45, 7) is 0.415. The maximum absolute atomic E-state index is 12.1. The van der Waals surface area contributed by atoms with Crippen LogP contribution in [0.5, 0.6) is 0 Å². The minimum Gasteiger partial charge on any atom is -0.364 e. The van der Waals surface area contributed by atoms with E-state index < -0.39 is 16.2 Å². The first kappa shape index (κ1) is 14.5. The van der Waals surface area contributed by atoms with Crippen molar-refractivity contribution in [3.05, 3.63) is 44.9 Å². The van der Waals surface area contributed by atoms with Gasteiger partial charge in [0, 0.05) is 19.2 Å². The standard InChI is InChI=1S/C13H13N5O3/c14-7-3-1-4-8-15-12-11(18(20)21)13(19)17-9-5-2-6-10(17)16-12/h2,5-6,9,15H,1,3-4,8H2. The van der Waals surface area contributed by atoms with E-state index in [4.69, 9.17) is 5.26 Å². The average Bonchev–Trinajstić information content (AvgIpc) is 2.47. The van der Waals surface area contributed by atoms with Gasteiger partial charge in [0.05, 0.1) is 11.0 Å². The number of nitrogens with zero attached hydrogens (tertiary/aromatic N) is 4. The number of hydrogen-bond acceptors (Lipinski definition) is 6. The first-order chi connectivity index (χ1) is 10.1. The molecule has 0 saturated heterocycles. The molecule has 8 heteroatoms. The highest BCUT2D eigenvalue weighted by atomic mass is 16.6. The Hall–Kier alpha value is -2.95. The van der Waals surface area contributed by atoms with Crippen molar-refractivity contribution >= 4 is 17.2 Å². The molecule has 2 aromatic heterocycles. The number of pyridine rings is 1. The predicted molar refractivity (Wildman–Crippen MR) is 76.1 cm³/mol. The summed E-state index contributed by atoms with van der Waals surface area (Å²) in [5, 5.41) is 22.3. The van der Waals surface area contributed by atoms with Gasteiger partial charge in [-0.25, -0.2) is 4.98 Å². The molecule has 108 valence electrons. The Morgan fingerprint density at radius 1 is 1.43 bits per heavy atom. The monoisotopic (exact) mass is 287 g/mol. The number of fused-ring (bicyclic) bond motifs is 1. The van der Waals surface area contributed by atoms with E-state index in [1.165, 1.54) is 6.20 Å². The van der Waals surface area contributed by atoms with Gasteiger partial charge in [0.1, 0.15) is 5.65 Å². The second-order valence-electron chi connectivity index (χ2n) is 4.34. The van der Waals surface area contributed by atoms with Crippen molar-refractivity contribution in [2.75, 3.05) is 11.9 Å². The molecule has 0 radical (unpaired) electrons. The van der Waals surface area contributed by atoms with Crippen LogP contribution in [-0.4, -0.2) is 20.9 Å². The van der Waals surface area contributed by atoms with Crippen LogP contribution in [-0.2, 0) is 0 Å². The lowest BCUT2D eigenvalue weighted by Gasteiger charge is -2.07. The van der Waals surface area contributed by atoms with Gasteiger partial charge >= 0.3 is 11.2 Å². The molecule has 21 heavy (non-hydrogen) atoms. The quantitative estimate of drug-likeness (QED) is 0.491. The van der Waals surface area contributed by atoms with E-state index in [9.17, 15) is 14.9 Å². The van der Waals surface area contributed by atoms with Gasteiger partial charge in [0.2, 0.25) is 5.82 Å². The zero-order valence-electron chi connectivity index (χ0n) is 11.2. The van der Waals surface area contributed by atoms with Crippen molar-refractivity contribution in [1.82, 2.24) is 9.38 Å². The summed E-state index contributed by atoms with van der Waals surface area (Å²) in [4.78, 5) is 26.6. The topological polar surface area (TPSA) is 113 Å². The second kappa shape index (κ2) is 6.47. The van der Waals surface area contributed by atoms with Gasteiger partial charge in [-0.1, -0.05) is 6.07 Å². The fourth-order valence-electron chi connectivity index (χ4n) is 1.90. The average molecular weight is 287 g/mol. The Labute approximate surface area is 119 Å². The fourth-order valence-corrected chi connectivity index (χ4v) is 1.90. The molecule has 0 aromatic carbocycles. The van der Waals surface area contributed by atoms with E-state index in [0.29, 0.717) is 31.5 Å². The summed E-state index contributed by atoms with van der Waals surface area (Å²) in [6.07, 6.45) is 3.22. The fraction of sp³-hybridized carbons (Fsp3) is 0.308. The van der Waals surface area contributed by atoms with Crippen LogP contribution < -0.4 is 10.9 Å². The van der Waals surface area contributed by atoms with Gasteiger partial charge in [0.15, 0.2) is 0 Å². The molecule has 0 aliphatic rings. The number of unbranched alkanes of at least 4 members (excludes halogenated alkanes) is 2. The van der Waals surface area contributed by atoms with Gasteiger partial charge in [-0.3, -0.25) is 19.3 Å². The largest absolute Gasteiger partial charge is 0.376 e. The van der Waals surface area contributed by atoms with Gasteiger partial charge in [0.25, 0.3) is 0 Å². The van der Waals surface area contributed by atoms with Crippen LogP contribution in [0.4, 0.5) is 11.5 Å². The lowest BCUT2D eigenvalue weighted by molar-refractivity contribution is -0.385. The molecule has 0 saturated carbocycles. The van der Waals surface area contributed by atoms with Gasteiger partial charge < -0.3 is 5.32 Å². The molecule has 0 spiro atoms. The van der Waals surface area contributed by atoms with Gasteiger partial charge in [-0.15, -0.1) is 0 Å². The maximum Gasteiger partial charge on any atom is 0.376 e. The predicted octanol–water partition coefficient (Wildman–Crippen LogP) is 1.71. The van der Waals surface area contributed by atoms with Crippen molar-refractivity contribution < 1.29 is 4.92 Å². The summed E-state index contributed by atoms with van der Waals surface area (Å²) < 4.78 is 1.14. The van der Waals surface area contributed by atoms with Crippen LogP contribution in [0.1, 0.15) is 19.3 Å². The Kier molecular flexibility index (Phi) is 4.46. The Bertz CT molecular complexity index is 762. The highest BCUT2D eigenvalue weighted by Gasteiger charge is 2.22. The summed E-state index contributed by atoms with van der Waals surface area (Å²) >= 11 is 0. The van der Waals surface area contributed by atoms with Crippen LogP contribution in [0.3, 0.4) is 0 Å². The smallest absolute Gasteiger partial charge is 0.364 e. The minimum atomic E-state index is -0.730. The molecule has 8 nitrogen and oxygen atoms in total. The lowest BCUT2D eigenvalue weighted by Crippen LogP contribution is -2.21. The van der Waals surface area contributed by atoms with E-state index in [1.807, 2.05) is 6.07 Å². The zero-order chi connectivity index (χ0) is 15.2. The zero-order valence-corrected chi connectivity index (χ0v) is 11.2. The van der Waals surface area contributed by atoms with E-state index >= 15 is 0 Å². The molecular formula is C13H13N5O3. The number of anilines is 1. The van der Waals surface area contributed by atoms with Crippen molar-refractivity contribution in [1.29, 1.82) is 5.26 Å². The molecule has 0 unspecified atom stereocenters. The highest BCUT2D eigenvalue weighted by Crippen LogP contribution is 2.18. The summed E-state index contributed by atoms with van der Waals surface area (Å²) in [5.41, 5.74) is -0.947. The molecule has 0 aliphatic heterocycles. The third-order valence-electron chi connectivity index (χ3n) is 2.90. The molecule has 0 fully saturated rings. The van der Waals surface area contributed by atoms with E-state index in [-0.39, 0.29) is 5.82 Å². The number of nitrogens with one attached hydrogen (secondary N) is 1. The third kappa shape index (κ3) is 3.14. The minimum absolute atomic E-state index is 0.0341. The number of nitro groups is 1. The van der Waals surface area contributed by atoms with Crippen LogP contribution >= 0.6 is 0 Å². The van der Waals surface area contributed by atoms with Gasteiger partial charge in [-0.05, 0) is 25.0 Å². The molecule has 2 rings (SSSR count). The first-order valence-corrected chi connectivity index (χ1v) is 6.41. The molecule has 0 aliphatic carbocycles. The van der Waals surface area contributed by atoms with Crippen LogP contribution in [0, 0.1) is 21.4 Å². The number of aromatic nitrogens is 2. The third-order valence-corrected chi connectivity index (χ3v) is 2.90. The first-order valence-electron chi connectivity index (χ1n) is 6.41. The van der Waals surface area contributed by atoms with Crippen molar-refractivity contribution in [2.45, 2.75) is 19.3 Å². The molecule has 2 heterocycles. The molecule has 0 atom stereocenters. The summed E-state index contributed by atoms with van der Waals surface area (Å²) in [5.74, 6) is -0.0341. The molecule has 0 amide bonds. The van der Waals surface area contributed by atoms with Crippen molar-refractivity contribution in [2.24, 2.45) is 0 Å². The highest BCUT2D eigenvalue weighted by molar-refractivity contribution is 5.59. The normalized spacial score (nSPS) is 10.2. The Balaban J connectivity index is 2.33.